The Bertz CT molecular complexity index is 986. The molecular weight excluding hydrogens is 328 g/mol. The lowest BCUT2D eigenvalue weighted by atomic mass is 10.1. The van der Waals surface area contributed by atoms with Crippen molar-refractivity contribution in [2.75, 3.05) is 24.5 Å². The number of nitrogens with zero attached hydrogens (tertiary/aromatic N) is 5. The van der Waals surface area contributed by atoms with Crippen LogP contribution < -0.4 is 10.6 Å². The second kappa shape index (κ2) is 6.25. The van der Waals surface area contributed by atoms with Crippen molar-refractivity contribution in [1.82, 2.24) is 24.5 Å². The number of anilines is 1. The van der Waals surface area contributed by atoms with Gasteiger partial charge in [0.25, 0.3) is 0 Å². The van der Waals surface area contributed by atoms with Gasteiger partial charge in [0.15, 0.2) is 5.65 Å². The zero-order valence-corrected chi connectivity index (χ0v) is 14.7. The normalized spacial score (nSPS) is 17.8. The van der Waals surface area contributed by atoms with E-state index in [1.165, 1.54) is 5.56 Å². The van der Waals surface area contributed by atoms with Gasteiger partial charge in [0.2, 0.25) is 5.95 Å². The molecule has 0 saturated carbocycles. The Balaban J connectivity index is 1.53. The smallest absolute Gasteiger partial charge is 0.342 e. The topological polar surface area (TPSA) is 69.5 Å². The van der Waals surface area contributed by atoms with Crippen LogP contribution >= 0.6 is 0 Å². The van der Waals surface area contributed by atoms with Crippen molar-refractivity contribution in [2.45, 2.75) is 32.4 Å². The van der Waals surface area contributed by atoms with Crippen LogP contribution in [0.1, 0.15) is 29.7 Å². The second-order valence-electron chi connectivity index (χ2n) is 7.17. The molecule has 1 aromatic carbocycles. The second-order valence-corrected chi connectivity index (χ2v) is 7.17. The van der Waals surface area contributed by atoms with Gasteiger partial charge in [-0.05, 0) is 18.4 Å². The number of aromatic nitrogens is 4. The van der Waals surface area contributed by atoms with Crippen molar-refractivity contribution in [3.8, 4) is 0 Å². The number of rotatable bonds is 3. The first-order valence-corrected chi connectivity index (χ1v) is 9.30. The van der Waals surface area contributed by atoms with E-state index in [4.69, 9.17) is 4.98 Å². The average Bonchev–Trinajstić information content (AvgIpc) is 3.33. The summed E-state index contributed by atoms with van der Waals surface area (Å²) in [5, 5.41) is 6.96. The average molecular weight is 350 g/mol. The Labute approximate surface area is 151 Å². The van der Waals surface area contributed by atoms with Crippen LogP contribution in [0.5, 0.6) is 0 Å². The maximum absolute atomic E-state index is 12.4. The van der Waals surface area contributed by atoms with Crippen LogP contribution in [-0.2, 0) is 19.5 Å². The Kier molecular flexibility index (Phi) is 3.74. The molecule has 0 aliphatic carbocycles. The third kappa shape index (κ3) is 2.59. The number of hydrogen-bond acceptors (Lipinski definition) is 5. The van der Waals surface area contributed by atoms with E-state index < -0.39 is 0 Å². The van der Waals surface area contributed by atoms with Gasteiger partial charge in [0.05, 0.1) is 5.69 Å². The van der Waals surface area contributed by atoms with Gasteiger partial charge in [-0.2, -0.15) is 5.10 Å². The van der Waals surface area contributed by atoms with Crippen LogP contribution in [0.4, 0.5) is 5.95 Å². The van der Waals surface area contributed by atoms with E-state index in [1.54, 1.807) is 4.40 Å². The molecule has 0 unspecified atom stereocenters. The summed E-state index contributed by atoms with van der Waals surface area (Å²) in [4.78, 5) is 21.9. The summed E-state index contributed by atoms with van der Waals surface area (Å²) >= 11 is 0. The van der Waals surface area contributed by atoms with E-state index in [0.717, 1.165) is 74.8 Å². The zero-order valence-electron chi connectivity index (χ0n) is 14.7. The lowest BCUT2D eigenvalue weighted by Crippen LogP contribution is -2.33. The molecule has 3 aromatic rings. The molecule has 0 bridgehead atoms. The fourth-order valence-corrected chi connectivity index (χ4v) is 4.09. The largest absolute Gasteiger partial charge is 0.350 e. The molecule has 2 aliphatic rings. The van der Waals surface area contributed by atoms with Crippen molar-refractivity contribution < 1.29 is 0 Å². The van der Waals surface area contributed by atoms with E-state index in [0.29, 0.717) is 0 Å². The van der Waals surface area contributed by atoms with Gasteiger partial charge in [0, 0.05) is 44.7 Å². The third-order valence-corrected chi connectivity index (χ3v) is 5.41. The van der Waals surface area contributed by atoms with Gasteiger partial charge in [-0.15, -0.1) is 0 Å². The summed E-state index contributed by atoms with van der Waals surface area (Å²) in [5.74, 6) is 0.756. The molecule has 0 spiro atoms. The maximum atomic E-state index is 12.4. The Hall–Kier alpha value is -2.67. The minimum Gasteiger partial charge on any atom is -0.342 e. The summed E-state index contributed by atoms with van der Waals surface area (Å²) in [7, 11) is 0. The highest BCUT2D eigenvalue weighted by Gasteiger charge is 2.26. The molecular formula is C19H22N6O. The molecule has 1 N–H and O–H groups in total. The molecule has 1 fully saturated rings. The first kappa shape index (κ1) is 15.6. The summed E-state index contributed by atoms with van der Waals surface area (Å²) in [6.45, 7) is 4.55. The Morgan fingerprint density at radius 2 is 1.88 bits per heavy atom. The molecule has 26 heavy (non-hydrogen) atoms. The molecule has 1 saturated heterocycles. The predicted molar refractivity (Wildman–Crippen MR) is 99.3 cm³/mol. The van der Waals surface area contributed by atoms with Gasteiger partial charge in [-0.25, -0.2) is 19.3 Å². The van der Waals surface area contributed by atoms with Crippen molar-refractivity contribution in [2.24, 2.45) is 0 Å². The summed E-state index contributed by atoms with van der Waals surface area (Å²) < 4.78 is 1.66. The quantitative estimate of drug-likeness (QED) is 0.777. The van der Waals surface area contributed by atoms with Crippen LogP contribution in [0.2, 0.25) is 0 Å². The van der Waals surface area contributed by atoms with Gasteiger partial charge in [-0.3, -0.25) is 4.90 Å². The summed E-state index contributed by atoms with van der Waals surface area (Å²) in [6, 6.07) is 10.5. The number of nitrogens with one attached hydrogen (secondary N) is 1. The van der Waals surface area contributed by atoms with Crippen molar-refractivity contribution in [1.29, 1.82) is 0 Å². The monoisotopic (exact) mass is 350 g/mol. The van der Waals surface area contributed by atoms with E-state index in [-0.39, 0.29) is 5.69 Å². The Morgan fingerprint density at radius 1 is 1.08 bits per heavy atom. The fraction of sp³-hybridized carbons (Fsp3) is 0.421. The van der Waals surface area contributed by atoms with Crippen LogP contribution in [0, 0.1) is 0 Å². The summed E-state index contributed by atoms with van der Waals surface area (Å²) in [5.41, 5.74) is 4.00. The number of H-pyrrole nitrogens is 1. The first-order valence-electron chi connectivity index (χ1n) is 9.30. The predicted octanol–water partition coefficient (Wildman–Crippen LogP) is 1.58. The minimum absolute atomic E-state index is 0.197. The number of hydrogen-bond donors (Lipinski definition) is 1. The highest BCUT2D eigenvalue weighted by molar-refractivity contribution is 5.55. The SMILES string of the molecule is O=c1[nH]nc2c3c(nc(N4CCCC4)n12)CCN(Cc1ccccc1)C3. The molecule has 7 heteroatoms. The molecule has 134 valence electrons. The van der Waals surface area contributed by atoms with Crippen LogP contribution in [-0.4, -0.2) is 44.1 Å². The number of aromatic amines is 1. The highest BCUT2D eigenvalue weighted by atomic mass is 16.1. The lowest BCUT2D eigenvalue weighted by Gasteiger charge is -2.29. The van der Waals surface area contributed by atoms with Crippen molar-refractivity contribution >= 4 is 11.6 Å². The lowest BCUT2D eigenvalue weighted by molar-refractivity contribution is 0.244. The third-order valence-electron chi connectivity index (χ3n) is 5.41. The van der Waals surface area contributed by atoms with Gasteiger partial charge < -0.3 is 4.90 Å². The fourth-order valence-electron chi connectivity index (χ4n) is 4.09. The van der Waals surface area contributed by atoms with Crippen LogP contribution in [0.15, 0.2) is 35.1 Å². The van der Waals surface area contributed by atoms with Gasteiger partial charge in [-0.1, -0.05) is 30.3 Å². The van der Waals surface area contributed by atoms with E-state index >= 15 is 0 Å². The van der Waals surface area contributed by atoms with Crippen molar-refractivity contribution in [3.63, 3.8) is 0 Å². The Morgan fingerprint density at radius 3 is 2.69 bits per heavy atom. The highest BCUT2D eigenvalue weighted by Crippen LogP contribution is 2.26. The molecule has 0 amide bonds. The molecule has 4 heterocycles. The van der Waals surface area contributed by atoms with Crippen LogP contribution in [0.3, 0.4) is 0 Å². The minimum atomic E-state index is -0.197. The number of fused-ring (bicyclic) bond motifs is 3. The molecule has 2 aliphatic heterocycles. The van der Waals surface area contributed by atoms with Crippen molar-refractivity contribution in [3.05, 3.63) is 57.6 Å². The molecule has 7 nitrogen and oxygen atoms in total. The number of benzene rings is 1. The molecule has 0 radical (unpaired) electrons. The van der Waals surface area contributed by atoms with Gasteiger partial charge in [0.1, 0.15) is 0 Å². The first-order chi connectivity index (χ1) is 12.8. The molecule has 0 atom stereocenters. The van der Waals surface area contributed by atoms with E-state index in [9.17, 15) is 4.79 Å². The van der Waals surface area contributed by atoms with E-state index in [1.807, 2.05) is 6.07 Å². The van der Waals surface area contributed by atoms with Crippen LogP contribution in [0.25, 0.3) is 5.65 Å². The zero-order chi connectivity index (χ0) is 17.5. The van der Waals surface area contributed by atoms with E-state index in [2.05, 4.69) is 44.3 Å². The maximum Gasteiger partial charge on any atom is 0.350 e. The molecule has 2 aromatic heterocycles. The van der Waals surface area contributed by atoms with Gasteiger partial charge >= 0.3 is 5.69 Å². The summed E-state index contributed by atoms with van der Waals surface area (Å²) in [6.07, 6.45) is 3.19. The standard InChI is InChI=1S/C19H22N6O/c26-19-22-21-17-15-13-23(12-14-6-2-1-3-7-14)11-8-16(15)20-18(25(17)19)24-9-4-5-10-24/h1-3,6-7H,4-5,8-13H2,(H,22,26). The molecule has 5 rings (SSSR count).